The van der Waals surface area contributed by atoms with Crippen molar-refractivity contribution in [3.05, 3.63) is 46.7 Å². The van der Waals surface area contributed by atoms with Crippen molar-refractivity contribution in [3.8, 4) is 17.5 Å². The van der Waals surface area contributed by atoms with E-state index in [1.807, 2.05) is 6.07 Å². The quantitative estimate of drug-likeness (QED) is 0.668. The highest BCUT2D eigenvalue weighted by Gasteiger charge is 2.12. The Morgan fingerprint density at radius 1 is 1.33 bits per heavy atom. The number of aryl methyl sites for hydroxylation is 1. The lowest BCUT2D eigenvalue weighted by atomic mass is 10.2. The number of nitrogens with zero attached hydrogens (tertiary/aromatic N) is 4. The molecule has 0 aliphatic rings. The number of rotatable bonds is 6. The molecule has 0 unspecified atom stereocenters. The van der Waals surface area contributed by atoms with E-state index in [2.05, 4.69) is 19.8 Å². The van der Waals surface area contributed by atoms with Gasteiger partial charge in [0, 0.05) is 18.5 Å². The van der Waals surface area contributed by atoms with Gasteiger partial charge in [0.15, 0.2) is 5.15 Å². The van der Waals surface area contributed by atoms with Gasteiger partial charge in [0.05, 0.1) is 0 Å². The minimum atomic E-state index is -0.312. The van der Waals surface area contributed by atoms with Crippen molar-refractivity contribution in [1.29, 1.82) is 5.26 Å². The average molecular weight is 364 g/mol. The summed E-state index contributed by atoms with van der Waals surface area (Å²) in [6.07, 6.45) is 1.31. The van der Waals surface area contributed by atoms with E-state index in [-0.39, 0.29) is 11.0 Å². The van der Waals surface area contributed by atoms with Gasteiger partial charge in [-0.2, -0.15) is 14.6 Å². The Labute approximate surface area is 146 Å². The first kappa shape index (κ1) is 16.4. The normalized spacial score (nSPS) is 10.5. The zero-order chi connectivity index (χ0) is 16.9. The van der Waals surface area contributed by atoms with Crippen LogP contribution >= 0.6 is 23.1 Å². The predicted octanol–water partition coefficient (Wildman–Crippen LogP) is 3.90. The van der Waals surface area contributed by atoms with Crippen molar-refractivity contribution < 1.29 is 8.91 Å². The van der Waals surface area contributed by atoms with Crippen LogP contribution < -0.4 is 5.32 Å². The fourth-order valence-electron chi connectivity index (χ4n) is 2.00. The fourth-order valence-corrected chi connectivity index (χ4v) is 2.96. The molecule has 0 atom stereocenters. The first-order chi connectivity index (χ1) is 11.7. The molecule has 0 fully saturated rings. The van der Waals surface area contributed by atoms with Gasteiger partial charge in [-0.15, -0.1) is 0 Å². The number of nitrogens with one attached hydrogen (secondary N) is 1. The molecule has 2 aromatic heterocycles. The number of benzene rings is 1. The number of hydrogen-bond donors (Lipinski definition) is 1. The lowest BCUT2D eigenvalue weighted by Gasteiger charge is -2.01. The van der Waals surface area contributed by atoms with Crippen molar-refractivity contribution in [2.75, 3.05) is 11.9 Å². The van der Waals surface area contributed by atoms with E-state index in [0.717, 1.165) is 18.0 Å². The zero-order valence-corrected chi connectivity index (χ0v) is 13.9. The molecule has 3 aromatic rings. The van der Waals surface area contributed by atoms with Gasteiger partial charge in [-0.25, -0.2) is 4.39 Å². The smallest absolute Gasteiger partial charge is 0.227 e. The van der Waals surface area contributed by atoms with Crippen LogP contribution in [0.4, 0.5) is 9.39 Å². The Morgan fingerprint density at radius 2 is 2.12 bits per heavy atom. The predicted molar refractivity (Wildman–Crippen MR) is 88.3 cm³/mol. The summed E-state index contributed by atoms with van der Waals surface area (Å²) in [7, 11) is 0. The number of nitriles is 1. The van der Waals surface area contributed by atoms with Crippen molar-refractivity contribution in [2.24, 2.45) is 0 Å². The van der Waals surface area contributed by atoms with E-state index in [9.17, 15) is 4.39 Å². The van der Waals surface area contributed by atoms with Crippen LogP contribution in [0.15, 0.2) is 28.8 Å². The Morgan fingerprint density at radius 3 is 2.88 bits per heavy atom. The van der Waals surface area contributed by atoms with Gasteiger partial charge >= 0.3 is 0 Å². The third-order valence-corrected chi connectivity index (χ3v) is 4.36. The first-order valence-electron chi connectivity index (χ1n) is 7.05. The van der Waals surface area contributed by atoms with Crippen LogP contribution in [0.2, 0.25) is 5.15 Å². The second-order valence-corrected chi connectivity index (χ2v) is 5.97. The standard InChI is InChI=1S/C15H11ClFN5OS/c16-13-11(8-18)15(24-22-13)19-7-1-2-12-20-14(21-23-12)9-3-5-10(17)6-4-9/h3-6,19H,1-2,7H2. The summed E-state index contributed by atoms with van der Waals surface area (Å²) in [5, 5.41) is 16.9. The van der Waals surface area contributed by atoms with Gasteiger partial charge in [0.25, 0.3) is 0 Å². The summed E-state index contributed by atoms with van der Waals surface area (Å²) in [6.45, 7) is 0.613. The molecule has 0 amide bonds. The van der Waals surface area contributed by atoms with E-state index < -0.39 is 0 Å². The Balaban J connectivity index is 1.52. The molecule has 3 rings (SSSR count). The first-order valence-corrected chi connectivity index (χ1v) is 8.20. The van der Waals surface area contributed by atoms with Crippen molar-refractivity contribution in [2.45, 2.75) is 12.8 Å². The lowest BCUT2D eigenvalue weighted by Crippen LogP contribution is -2.02. The zero-order valence-electron chi connectivity index (χ0n) is 12.3. The Kier molecular flexibility index (Phi) is 5.03. The highest BCUT2D eigenvalue weighted by Crippen LogP contribution is 2.27. The molecule has 0 radical (unpaired) electrons. The highest BCUT2D eigenvalue weighted by molar-refractivity contribution is 7.10. The molecule has 0 aliphatic heterocycles. The van der Waals surface area contributed by atoms with Crippen LogP contribution in [0.5, 0.6) is 0 Å². The average Bonchev–Trinajstić information content (AvgIpc) is 3.19. The number of hydrogen-bond acceptors (Lipinski definition) is 7. The lowest BCUT2D eigenvalue weighted by molar-refractivity contribution is 0.377. The summed E-state index contributed by atoms with van der Waals surface area (Å²) in [6, 6.07) is 7.91. The van der Waals surface area contributed by atoms with Crippen LogP contribution in [-0.2, 0) is 6.42 Å². The molecule has 1 aromatic carbocycles. The van der Waals surface area contributed by atoms with Crippen molar-refractivity contribution >= 4 is 28.1 Å². The van der Waals surface area contributed by atoms with Crippen LogP contribution in [-0.4, -0.2) is 21.1 Å². The van der Waals surface area contributed by atoms with Crippen LogP contribution in [0, 0.1) is 17.1 Å². The maximum absolute atomic E-state index is 12.9. The number of halogens is 2. The second-order valence-electron chi connectivity index (χ2n) is 4.84. The molecule has 24 heavy (non-hydrogen) atoms. The molecule has 122 valence electrons. The molecular formula is C15H11ClFN5OS. The van der Waals surface area contributed by atoms with E-state index in [0.29, 0.717) is 40.8 Å². The summed E-state index contributed by atoms with van der Waals surface area (Å²) in [5.41, 5.74) is 1.06. The van der Waals surface area contributed by atoms with Gasteiger partial charge in [-0.05, 0) is 42.2 Å². The molecule has 0 saturated heterocycles. The minimum Gasteiger partial charge on any atom is -0.375 e. The monoisotopic (exact) mass is 363 g/mol. The number of aromatic nitrogens is 3. The van der Waals surface area contributed by atoms with Gasteiger partial charge in [-0.3, -0.25) is 0 Å². The maximum Gasteiger partial charge on any atom is 0.227 e. The molecule has 2 heterocycles. The highest BCUT2D eigenvalue weighted by atomic mass is 35.5. The van der Waals surface area contributed by atoms with E-state index in [4.69, 9.17) is 21.4 Å². The summed E-state index contributed by atoms with van der Waals surface area (Å²) in [4.78, 5) is 4.28. The van der Waals surface area contributed by atoms with Gasteiger partial charge in [0.2, 0.25) is 11.7 Å². The molecule has 6 nitrogen and oxygen atoms in total. The third-order valence-electron chi connectivity index (χ3n) is 3.19. The maximum atomic E-state index is 12.9. The largest absolute Gasteiger partial charge is 0.375 e. The molecule has 1 N–H and O–H groups in total. The fraction of sp³-hybridized carbons (Fsp3) is 0.200. The molecular weight excluding hydrogens is 353 g/mol. The Hall–Kier alpha value is -2.50. The van der Waals surface area contributed by atoms with Crippen LogP contribution in [0.1, 0.15) is 17.9 Å². The summed E-state index contributed by atoms with van der Waals surface area (Å²) in [5.74, 6) is 0.617. The van der Waals surface area contributed by atoms with Crippen LogP contribution in [0.25, 0.3) is 11.4 Å². The SMILES string of the molecule is N#Cc1c(Cl)nsc1NCCCc1nc(-c2ccc(F)cc2)no1. The van der Waals surface area contributed by atoms with Crippen LogP contribution in [0.3, 0.4) is 0 Å². The second kappa shape index (κ2) is 7.38. The Bertz CT molecular complexity index is 871. The molecule has 0 aliphatic carbocycles. The van der Waals surface area contributed by atoms with E-state index >= 15 is 0 Å². The number of anilines is 1. The van der Waals surface area contributed by atoms with E-state index in [1.165, 1.54) is 12.1 Å². The van der Waals surface area contributed by atoms with Gasteiger partial charge < -0.3 is 9.84 Å². The van der Waals surface area contributed by atoms with Crippen molar-refractivity contribution in [3.63, 3.8) is 0 Å². The third kappa shape index (κ3) is 3.69. The molecule has 0 bridgehead atoms. The molecule has 0 saturated carbocycles. The van der Waals surface area contributed by atoms with Crippen molar-refractivity contribution in [1.82, 2.24) is 14.5 Å². The minimum absolute atomic E-state index is 0.214. The summed E-state index contributed by atoms with van der Waals surface area (Å²) < 4.78 is 22.0. The van der Waals surface area contributed by atoms with E-state index in [1.54, 1.807) is 12.1 Å². The molecule has 0 spiro atoms. The van der Waals surface area contributed by atoms with Gasteiger partial charge in [0.1, 0.15) is 22.5 Å². The topological polar surface area (TPSA) is 87.6 Å². The molecule has 9 heteroatoms. The summed E-state index contributed by atoms with van der Waals surface area (Å²) >= 11 is 6.96. The van der Waals surface area contributed by atoms with Gasteiger partial charge in [-0.1, -0.05) is 16.8 Å².